The summed E-state index contributed by atoms with van der Waals surface area (Å²) in [6, 6.07) is 13.6. The number of hydrogen-bond donors (Lipinski definition) is 1. The number of thioether (sulfide) groups is 1. The summed E-state index contributed by atoms with van der Waals surface area (Å²) in [4.78, 5) is 16.4. The van der Waals surface area contributed by atoms with Crippen molar-refractivity contribution < 1.29 is 4.79 Å². The summed E-state index contributed by atoms with van der Waals surface area (Å²) >= 11 is 7.41. The van der Waals surface area contributed by atoms with Crippen LogP contribution in [0.2, 0.25) is 5.15 Å². The van der Waals surface area contributed by atoms with E-state index < -0.39 is 0 Å². The lowest BCUT2D eigenvalue weighted by Crippen LogP contribution is -2.29. The molecule has 0 radical (unpaired) electrons. The molecule has 0 saturated carbocycles. The second-order valence-corrected chi connectivity index (χ2v) is 6.84. The summed E-state index contributed by atoms with van der Waals surface area (Å²) in [5.74, 6) is 1.06. The first kappa shape index (κ1) is 16.8. The lowest BCUT2D eigenvalue weighted by Gasteiger charge is -2.20. The van der Waals surface area contributed by atoms with Gasteiger partial charge in [-0.15, -0.1) is 11.8 Å². The molecule has 3 nitrogen and oxygen atoms in total. The first-order chi connectivity index (χ1) is 10.6. The van der Waals surface area contributed by atoms with E-state index >= 15 is 0 Å². The molecule has 0 aliphatic rings. The molecular formula is C17H19ClN2OS. The Balaban J connectivity index is 1.97. The van der Waals surface area contributed by atoms with E-state index in [0.29, 0.717) is 10.8 Å². The predicted octanol–water partition coefficient (Wildman–Crippen LogP) is 4.63. The molecule has 1 N–H and O–H groups in total. The Morgan fingerprint density at radius 1 is 1.23 bits per heavy atom. The maximum Gasteiger partial charge on any atom is 0.237 e. The average molecular weight is 335 g/mol. The van der Waals surface area contributed by atoms with Crippen molar-refractivity contribution in [1.82, 2.24) is 4.98 Å². The molecule has 2 aromatic rings. The maximum atomic E-state index is 12.5. The zero-order valence-electron chi connectivity index (χ0n) is 12.6. The number of hydrogen-bond acceptors (Lipinski definition) is 3. The van der Waals surface area contributed by atoms with Gasteiger partial charge in [-0.25, -0.2) is 4.98 Å². The first-order valence-corrected chi connectivity index (χ1v) is 8.57. The number of nitrogens with one attached hydrogen (secondary N) is 1. The van der Waals surface area contributed by atoms with Gasteiger partial charge in [-0.2, -0.15) is 0 Å². The minimum atomic E-state index is -0.115. The number of amides is 1. The highest BCUT2D eigenvalue weighted by atomic mass is 35.5. The Morgan fingerprint density at radius 3 is 2.55 bits per heavy atom. The topological polar surface area (TPSA) is 42.0 Å². The molecule has 0 bridgehead atoms. The molecule has 1 heterocycles. The van der Waals surface area contributed by atoms with Gasteiger partial charge < -0.3 is 5.32 Å². The number of carbonyl (C=O) groups is 1. The van der Waals surface area contributed by atoms with Crippen LogP contribution < -0.4 is 5.32 Å². The van der Waals surface area contributed by atoms with E-state index in [-0.39, 0.29) is 17.1 Å². The highest BCUT2D eigenvalue weighted by Gasteiger charge is 2.22. The van der Waals surface area contributed by atoms with Gasteiger partial charge in [0.25, 0.3) is 0 Å². The minimum absolute atomic E-state index is 0.0000496. The van der Waals surface area contributed by atoms with Crippen molar-refractivity contribution in [2.75, 3.05) is 5.32 Å². The monoisotopic (exact) mass is 334 g/mol. The highest BCUT2D eigenvalue weighted by molar-refractivity contribution is 7.99. The smallest absolute Gasteiger partial charge is 0.237 e. The molecule has 1 amide bonds. The van der Waals surface area contributed by atoms with Crippen LogP contribution >= 0.6 is 23.4 Å². The second kappa shape index (κ2) is 8.20. The van der Waals surface area contributed by atoms with E-state index in [1.807, 2.05) is 18.2 Å². The number of aromatic nitrogens is 1. The van der Waals surface area contributed by atoms with Gasteiger partial charge in [-0.05, 0) is 23.6 Å². The lowest BCUT2D eigenvalue weighted by molar-refractivity contribution is -0.116. The van der Waals surface area contributed by atoms with Crippen LogP contribution in [0.25, 0.3) is 0 Å². The molecule has 22 heavy (non-hydrogen) atoms. The molecule has 1 aromatic carbocycles. The van der Waals surface area contributed by atoms with Crippen LogP contribution in [0.3, 0.4) is 0 Å². The van der Waals surface area contributed by atoms with Gasteiger partial charge in [0.2, 0.25) is 5.91 Å². The van der Waals surface area contributed by atoms with Crippen molar-refractivity contribution in [2.45, 2.75) is 24.9 Å². The fourth-order valence-electron chi connectivity index (χ4n) is 1.99. The van der Waals surface area contributed by atoms with Gasteiger partial charge in [-0.3, -0.25) is 4.79 Å². The van der Waals surface area contributed by atoms with Gasteiger partial charge in [-0.1, -0.05) is 55.8 Å². The molecule has 0 spiro atoms. The third kappa shape index (κ3) is 5.04. The molecule has 1 unspecified atom stereocenters. The molecular weight excluding hydrogens is 316 g/mol. The number of pyridine rings is 1. The quantitative estimate of drug-likeness (QED) is 0.783. The average Bonchev–Trinajstić information content (AvgIpc) is 2.50. The third-order valence-corrected chi connectivity index (χ3v) is 4.97. The van der Waals surface area contributed by atoms with Gasteiger partial charge >= 0.3 is 0 Å². The number of halogens is 1. The predicted molar refractivity (Wildman–Crippen MR) is 94.2 cm³/mol. The number of benzene rings is 1. The summed E-state index contributed by atoms with van der Waals surface area (Å²) in [6.07, 6.45) is 1.57. The van der Waals surface area contributed by atoms with E-state index in [2.05, 4.69) is 36.3 Å². The number of nitrogens with zero attached hydrogens (tertiary/aromatic N) is 1. The van der Waals surface area contributed by atoms with Crippen LogP contribution in [0.1, 0.15) is 19.4 Å². The molecule has 0 aliphatic heterocycles. The summed E-state index contributed by atoms with van der Waals surface area (Å²) < 4.78 is 0. The molecule has 0 fully saturated rings. The van der Waals surface area contributed by atoms with Crippen LogP contribution in [-0.4, -0.2) is 16.1 Å². The number of carbonyl (C=O) groups excluding carboxylic acids is 1. The van der Waals surface area contributed by atoms with E-state index in [4.69, 9.17) is 11.6 Å². The van der Waals surface area contributed by atoms with Crippen LogP contribution in [0.5, 0.6) is 0 Å². The van der Waals surface area contributed by atoms with Crippen molar-refractivity contribution in [1.29, 1.82) is 0 Å². The summed E-state index contributed by atoms with van der Waals surface area (Å²) in [6.45, 7) is 4.12. The molecule has 2 rings (SSSR count). The van der Waals surface area contributed by atoms with Gasteiger partial charge in [0, 0.05) is 5.75 Å². The maximum absolute atomic E-state index is 12.5. The summed E-state index contributed by atoms with van der Waals surface area (Å²) in [5.41, 5.74) is 1.89. The SMILES string of the molecule is CC(C)C(SCc1ccccc1)C(=O)Nc1ccc(Cl)nc1. The van der Waals surface area contributed by atoms with E-state index in [1.54, 1.807) is 30.1 Å². The summed E-state index contributed by atoms with van der Waals surface area (Å²) in [5, 5.41) is 3.20. The van der Waals surface area contributed by atoms with Crippen LogP contribution in [0, 0.1) is 5.92 Å². The highest BCUT2D eigenvalue weighted by Crippen LogP contribution is 2.25. The van der Waals surface area contributed by atoms with Crippen LogP contribution in [0.15, 0.2) is 48.7 Å². The Kier molecular flexibility index (Phi) is 6.28. The van der Waals surface area contributed by atoms with Gasteiger partial charge in [0.15, 0.2) is 0 Å². The zero-order valence-corrected chi connectivity index (χ0v) is 14.2. The van der Waals surface area contributed by atoms with E-state index in [9.17, 15) is 4.79 Å². The second-order valence-electron chi connectivity index (χ2n) is 5.32. The normalized spacial score (nSPS) is 12.2. The van der Waals surface area contributed by atoms with Crippen molar-refractivity contribution >= 4 is 35.0 Å². The van der Waals surface area contributed by atoms with E-state index in [0.717, 1.165) is 5.75 Å². The molecule has 0 saturated heterocycles. The van der Waals surface area contributed by atoms with Crippen molar-refractivity contribution in [3.05, 3.63) is 59.4 Å². The van der Waals surface area contributed by atoms with Gasteiger partial charge in [0.05, 0.1) is 17.1 Å². The largest absolute Gasteiger partial charge is 0.324 e. The Bertz CT molecular complexity index is 602. The Labute approximate surface area is 140 Å². The molecule has 1 atom stereocenters. The van der Waals surface area contributed by atoms with Crippen molar-refractivity contribution in [2.24, 2.45) is 5.92 Å². The number of anilines is 1. The first-order valence-electron chi connectivity index (χ1n) is 7.14. The lowest BCUT2D eigenvalue weighted by atomic mass is 10.1. The van der Waals surface area contributed by atoms with Crippen LogP contribution in [-0.2, 0) is 10.5 Å². The third-order valence-electron chi connectivity index (χ3n) is 3.13. The number of rotatable bonds is 6. The van der Waals surface area contributed by atoms with Crippen LogP contribution in [0.4, 0.5) is 5.69 Å². The van der Waals surface area contributed by atoms with Gasteiger partial charge in [0.1, 0.15) is 5.15 Å². The fraction of sp³-hybridized carbons (Fsp3) is 0.294. The summed E-state index contributed by atoms with van der Waals surface area (Å²) in [7, 11) is 0. The molecule has 5 heteroatoms. The molecule has 116 valence electrons. The molecule has 0 aliphatic carbocycles. The van der Waals surface area contributed by atoms with E-state index in [1.165, 1.54) is 5.56 Å². The standard InChI is InChI=1S/C17H19ClN2OS/c1-12(2)16(22-11-13-6-4-3-5-7-13)17(21)20-14-8-9-15(18)19-10-14/h3-10,12,16H,11H2,1-2H3,(H,20,21). The minimum Gasteiger partial charge on any atom is -0.324 e. The Morgan fingerprint density at radius 2 is 1.95 bits per heavy atom. The van der Waals surface area contributed by atoms with Crippen molar-refractivity contribution in [3.8, 4) is 0 Å². The fourth-order valence-corrected chi connectivity index (χ4v) is 3.27. The zero-order chi connectivity index (χ0) is 15.9. The Hall–Kier alpha value is -1.52. The molecule has 1 aromatic heterocycles. The van der Waals surface area contributed by atoms with Crippen molar-refractivity contribution in [3.63, 3.8) is 0 Å².